The summed E-state index contributed by atoms with van der Waals surface area (Å²) in [4.78, 5) is 95.0. The van der Waals surface area contributed by atoms with Crippen LogP contribution in [0.15, 0.2) is 229 Å². The lowest BCUT2D eigenvalue weighted by Crippen LogP contribution is -2.48. The zero-order valence-corrected chi connectivity index (χ0v) is 59.6. The number of halogens is 9. The van der Waals surface area contributed by atoms with Crippen LogP contribution in [-0.2, 0) is 65.1 Å². The molecule has 8 aromatic carbocycles. The number of allylic oxidation sites excluding steroid dienone is 2. The first-order valence-electron chi connectivity index (χ1n) is 33.2. The summed E-state index contributed by atoms with van der Waals surface area (Å²) in [6, 6.07) is 51.3. The highest BCUT2D eigenvalue weighted by molar-refractivity contribution is 6.04. The Bertz CT molecular complexity index is 4700. The zero-order chi connectivity index (χ0) is 82.0. The number of Topliss-reactive ketones (excluding diaryl/α,β-unsaturated/α-hetero) is 1. The SMILES string of the molecule is C1CCOC1.CC(=O)CC(=O)OCc1ccccc1.CC1=C(C(=O)O)C(c2ccc(C#N)cc2)NC(=O)N1c1cccc(C(F)(F)F)c1.CC1=C(C(=O)OCc2ccccc2)C(c2ccc(C#N)cc2)NC(=O)N1c1cccc(C(F)(F)F)c1.CCO.N#Cc1ccc(C=O)cc1.NC(=O)Nc1cccc(C(F)(F)F)c1. The van der Waals surface area contributed by atoms with Crippen LogP contribution in [0.1, 0.15) is 125 Å². The van der Waals surface area contributed by atoms with Crippen LogP contribution in [0.25, 0.3) is 0 Å². The molecule has 0 bridgehead atoms. The number of benzene rings is 8. The lowest BCUT2D eigenvalue weighted by atomic mass is 9.94. The highest BCUT2D eigenvalue weighted by atomic mass is 19.4. The molecule has 2 unspecified atom stereocenters. The second kappa shape index (κ2) is 42.8. The summed E-state index contributed by atoms with van der Waals surface area (Å²) in [6.45, 7) is 8.33. The average molecular weight is 1540 g/mol. The first-order valence-corrected chi connectivity index (χ1v) is 33.2. The number of ketones is 1. The summed E-state index contributed by atoms with van der Waals surface area (Å²) in [7, 11) is 0. The largest absolute Gasteiger partial charge is 0.478 e. The van der Waals surface area contributed by atoms with Gasteiger partial charge >= 0.3 is 54.5 Å². The van der Waals surface area contributed by atoms with Crippen LogP contribution in [0.2, 0.25) is 0 Å². The number of carbonyl (C=O) groups excluding carboxylic acids is 7. The molecule has 0 saturated carbocycles. The van der Waals surface area contributed by atoms with E-state index >= 15 is 0 Å². The molecule has 3 heterocycles. The third-order valence-electron chi connectivity index (χ3n) is 15.3. The van der Waals surface area contributed by atoms with Gasteiger partial charge in [-0.1, -0.05) is 115 Å². The van der Waals surface area contributed by atoms with Crippen molar-refractivity contribution in [3.8, 4) is 18.2 Å². The van der Waals surface area contributed by atoms with Crippen molar-refractivity contribution in [3.05, 3.63) is 290 Å². The molecular formula is C80H72F9N9O13. The number of alkyl halides is 9. The molecule has 6 amide bonds. The standard InChI is InChI=1S/C27H20F3N3O3.C20H14F3N3O3.C11H12O3.C8H7F3N2O.C8H5NO.C4H8O.C2H6O/c1-17-23(25(34)36-16-19-6-3-2-4-7-19)24(20-12-10-18(15-31)11-13-20)32-26(35)33(17)22-9-5-8-21(14-22)27(28,29)30;1-11-16(18(27)28)17(13-7-5-12(10-24)6-8-13)25-19(29)26(11)15-4-2-3-14(9-15)20(21,22)23;1-9(12)7-11(13)14-8-10-5-3-2-4-6-10;9-8(10,11)5-2-1-3-6(4-5)13-7(12)14;9-5-7-1-3-8(6-10)4-2-7;1-2-4-5-3-1;1-2-3/h2-14,24H,16H2,1H3,(H,32,35);2-9,17H,1H3,(H,25,29)(H,27,28);2-6H,7-8H2,1H3;1-4H,(H3,12,13,14);1-4,6H;1-4H2;3H,2H2,1H3. The Kier molecular flexibility index (Phi) is 34.0. The van der Waals surface area contributed by atoms with Crippen LogP contribution in [-0.4, -0.2) is 78.1 Å². The number of carbonyl (C=O) groups is 8. The van der Waals surface area contributed by atoms with Gasteiger partial charge in [-0.15, -0.1) is 0 Å². The fraction of sp³-hybridized carbons (Fsp3) is 0.212. The number of carboxylic acids is 1. The smallest absolute Gasteiger partial charge is 0.416 e. The quantitative estimate of drug-likeness (QED) is 0.0255. The summed E-state index contributed by atoms with van der Waals surface area (Å²) < 4.78 is 131. The fourth-order valence-electron chi connectivity index (χ4n) is 10.1. The van der Waals surface area contributed by atoms with Crippen LogP contribution in [0.5, 0.6) is 0 Å². The van der Waals surface area contributed by atoms with Gasteiger partial charge in [0.1, 0.15) is 31.7 Å². The number of rotatable bonds is 14. The summed E-state index contributed by atoms with van der Waals surface area (Å²) >= 11 is 0. The van der Waals surface area contributed by atoms with Crippen LogP contribution in [0.4, 0.5) is 71.0 Å². The van der Waals surface area contributed by atoms with Crippen molar-refractivity contribution >= 4 is 65.1 Å². The topological polar surface area (TPSA) is 345 Å². The highest BCUT2D eigenvalue weighted by Gasteiger charge is 2.41. The van der Waals surface area contributed by atoms with Gasteiger partial charge in [0.15, 0.2) is 0 Å². The number of nitrogens with two attached hydrogens (primary N) is 1. The number of anilines is 3. The Balaban J connectivity index is 0.000000259. The zero-order valence-electron chi connectivity index (χ0n) is 59.6. The maximum absolute atomic E-state index is 13.3. The molecule has 0 aliphatic carbocycles. The van der Waals surface area contributed by atoms with Crippen molar-refractivity contribution in [2.24, 2.45) is 5.73 Å². The number of hydrogen-bond acceptors (Lipinski definition) is 15. The number of ether oxygens (including phenoxy) is 3. The number of urea groups is 3. The summed E-state index contributed by atoms with van der Waals surface area (Å²) in [5, 5.41) is 50.9. The molecule has 0 spiro atoms. The lowest BCUT2D eigenvalue weighted by Gasteiger charge is -2.35. The number of aldehydes is 1. The van der Waals surface area contributed by atoms with Gasteiger partial charge in [-0.05, 0) is 154 Å². The van der Waals surface area contributed by atoms with E-state index in [1.54, 1.807) is 79.7 Å². The number of primary amides is 1. The van der Waals surface area contributed by atoms with Crippen molar-refractivity contribution in [1.82, 2.24) is 10.6 Å². The molecule has 8 aromatic rings. The molecule has 22 nitrogen and oxygen atoms in total. The number of aliphatic hydroxyl groups excluding tert-OH is 1. The number of esters is 2. The first kappa shape index (κ1) is 88.2. The van der Waals surface area contributed by atoms with Crippen LogP contribution in [0.3, 0.4) is 0 Å². The van der Waals surface area contributed by atoms with E-state index in [1.165, 1.54) is 88.2 Å². The number of carboxylic acid groups (broad SMARTS) is 1. The maximum atomic E-state index is 13.3. The Hall–Kier alpha value is -13.4. The molecule has 1 saturated heterocycles. The monoisotopic (exact) mass is 1540 g/mol. The first-order chi connectivity index (χ1) is 52.7. The molecule has 0 aromatic heterocycles. The molecule has 3 aliphatic heterocycles. The van der Waals surface area contributed by atoms with Crippen LogP contribution in [0, 0.1) is 34.0 Å². The molecule has 31 heteroatoms. The molecule has 578 valence electrons. The molecule has 11 rings (SSSR count). The fourth-order valence-corrected chi connectivity index (χ4v) is 10.1. The number of nitriles is 3. The van der Waals surface area contributed by atoms with E-state index in [9.17, 15) is 83.0 Å². The van der Waals surface area contributed by atoms with Crippen molar-refractivity contribution in [3.63, 3.8) is 0 Å². The molecular weight excluding hydrogens is 1470 g/mol. The van der Waals surface area contributed by atoms with E-state index < -0.39 is 83.3 Å². The Labute approximate surface area is 631 Å². The van der Waals surface area contributed by atoms with E-state index in [2.05, 4.69) is 16.0 Å². The number of nitrogens with zero attached hydrogens (tertiary/aromatic N) is 5. The van der Waals surface area contributed by atoms with Crippen LogP contribution >= 0.6 is 0 Å². The Morgan fingerprint density at radius 1 is 0.568 bits per heavy atom. The average Bonchev–Trinajstić information content (AvgIpc) is 0.975. The van der Waals surface area contributed by atoms with Gasteiger partial charge in [-0.25, -0.2) is 24.0 Å². The minimum atomic E-state index is -4.61. The van der Waals surface area contributed by atoms with E-state index in [1.807, 2.05) is 54.6 Å². The maximum Gasteiger partial charge on any atom is 0.416 e. The van der Waals surface area contributed by atoms with E-state index in [-0.39, 0.29) is 71.6 Å². The van der Waals surface area contributed by atoms with Gasteiger partial charge in [-0.3, -0.25) is 24.2 Å². The highest BCUT2D eigenvalue weighted by Crippen LogP contribution is 2.40. The number of aliphatic carboxylic acids is 1. The molecule has 7 N–H and O–H groups in total. The number of hydrogen-bond donors (Lipinski definition) is 6. The van der Waals surface area contributed by atoms with Gasteiger partial charge in [0.2, 0.25) is 0 Å². The van der Waals surface area contributed by atoms with Gasteiger partial charge in [0, 0.05) is 42.5 Å². The molecule has 111 heavy (non-hydrogen) atoms. The minimum absolute atomic E-state index is 0.00469. The van der Waals surface area contributed by atoms with Crippen molar-refractivity contribution in [2.75, 3.05) is 34.9 Å². The van der Waals surface area contributed by atoms with E-state index in [0.29, 0.717) is 33.4 Å². The van der Waals surface area contributed by atoms with Gasteiger partial charge in [0.25, 0.3) is 0 Å². The van der Waals surface area contributed by atoms with Crippen molar-refractivity contribution in [1.29, 1.82) is 15.8 Å². The van der Waals surface area contributed by atoms with Gasteiger partial charge in [0.05, 0.1) is 86.2 Å². The number of aliphatic hydroxyl groups is 1. The summed E-state index contributed by atoms with van der Waals surface area (Å²) in [5.74, 6) is -2.71. The van der Waals surface area contributed by atoms with Crippen molar-refractivity contribution < 1.29 is 102 Å². The van der Waals surface area contributed by atoms with Crippen LogP contribution < -0.4 is 31.5 Å². The second-order valence-corrected chi connectivity index (χ2v) is 23.4. The molecule has 2 atom stereocenters. The lowest BCUT2D eigenvalue weighted by molar-refractivity contribution is -0.147. The Morgan fingerprint density at radius 2 is 0.946 bits per heavy atom. The normalized spacial score (nSPS) is 14.2. The predicted octanol–water partition coefficient (Wildman–Crippen LogP) is 16.1. The molecule has 1 fully saturated rings. The van der Waals surface area contributed by atoms with Gasteiger partial charge in [-0.2, -0.15) is 55.3 Å². The summed E-state index contributed by atoms with van der Waals surface area (Å²) in [6.07, 6.45) is -10.5. The third-order valence-corrected chi connectivity index (χ3v) is 15.3. The Morgan fingerprint density at radius 3 is 1.31 bits per heavy atom. The van der Waals surface area contributed by atoms with Gasteiger partial charge < -0.3 is 46.1 Å². The molecule has 0 radical (unpaired) electrons. The van der Waals surface area contributed by atoms with Crippen molar-refractivity contribution in [2.45, 2.75) is 90.8 Å². The van der Waals surface area contributed by atoms with E-state index in [4.69, 9.17) is 40.8 Å². The summed E-state index contributed by atoms with van der Waals surface area (Å²) in [5.41, 5.74) is 6.43. The molecule has 3 aliphatic rings. The third kappa shape index (κ3) is 28.0. The minimum Gasteiger partial charge on any atom is -0.478 e. The van der Waals surface area contributed by atoms with E-state index in [0.717, 1.165) is 82.9 Å². The number of nitrogens with one attached hydrogen (secondary N) is 3. The predicted molar refractivity (Wildman–Crippen MR) is 388 cm³/mol. The number of amides is 6. The second-order valence-electron chi connectivity index (χ2n) is 23.4.